The summed E-state index contributed by atoms with van der Waals surface area (Å²) in [5.41, 5.74) is -0.276. The minimum Gasteiger partial charge on any atom is -0.434 e. The van der Waals surface area contributed by atoms with Gasteiger partial charge in [-0.3, -0.25) is 4.79 Å². The number of halogens is 4. The zero-order chi connectivity index (χ0) is 17.7. The highest BCUT2D eigenvalue weighted by atomic mass is 19.3. The molecule has 128 valence electrons. The molecule has 2 rings (SSSR count). The summed E-state index contributed by atoms with van der Waals surface area (Å²) in [5, 5.41) is 2.13. The van der Waals surface area contributed by atoms with E-state index in [4.69, 9.17) is 0 Å². The SMILES string of the molecule is CC(NC(=O)C(F)(F)c1ccccc1)c1ccccc1OC(F)F. The first-order valence-corrected chi connectivity index (χ1v) is 7.10. The summed E-state index contributed by atoms with van der Waals surface area (Å²) in [6.45, 7) is -1.65. The van der Waals surface area contributed by atoms with E-state index in [1.165, 1.54) is 43.3 Å². The van der Waals surface area contributed by atoms with Gasteiger partial charge in [-0.25, -0.2) is 0 Å². The Morgan fingerprint density at radius 1 is 1.04 bits per heavy atom. The smallest absolute Gasteiger partial charge is 0.387 e. The minimum atomic E-state index is -3.74. The number of alkyl halides is 4. The number of hydrogen-bond acceptors (Lipinski definition) is 2. The van der Waals surface area contributed by atoms with Gasteiger partial charge in [-0.2, -0.15) is 17.6 Å². The Morgan fingerprint density at radius 3 is 2.25 bits per heavy atom. The second-order valence-electron chi connectivity index (χ2n) is 5.05. The predicted octanol–water partition coefficient (Wildman–Crippen LogP) is 4.26. The van der Waals surface area contributed by atoms with Crippen molar-refractivity contribution in [3.8, 4) is 5.75 Å². The topological polar surface area (TPSA) is 38.3 Å². The standard InChI is InChI=1S/C17H15F4NO2/c1-11(13-9-5-6-10-14(13)24-16(18)19)22-15(23)17(20,21)12-7-3-2-4-8-12/h2-11,16H,1H3,(H,22,23). The van der Waals surface area contributed by atoms with Gasteiger partial charge in [0.25, 0.3) is 5.91 Å². The van der Waals surface area contributed by atoms with Gasteiger partial charge in [-0.15, -0.1) is 0 Å². The molecule has 0 aliphatic rings. The van der Waals surface area contributed by atoms with Crippen molar-refractivity contribution in [3.05, 3.63) is 65.7 Å². The van der Waals surface area contributed by atoms with Crippen LogP contribution in [0.25, 0.3) is 0 Å². The Morgan fingerprint density at radius 2 is 1.62 bits per heavy atom. The van der Waals surface area contributed by atoms with Crippen molar-refractivity contribution in [2.24, 2.45) is 0 Å². The molecule has 0 heterocycles. The van der Waals surface area contributed by atoms with E-state index in [0.717, 1.165) is 12.1 Å². The Hall–Kier alpha value is -2.57. The lowest BCUT2D eigenvalue weighted by Crippen LogP contribution is -2.39. The third kappa shape index (κ3) is 4.04. The first kappa shape index (κ1) is 17.8. The molecule has 0 aliphatic heterocycles. The summed E-state index contributed by atoms with van der Waals surface area (Å²) in [7, 11) is 0. The van der Waals surface area contributed by atoms with Gasteiger partial charge < -0.3 is 10.1 Å². The number of ether oxygens (including phenoxy) is 1. The summed E-state index contributed by atoms with van der Waals surface area (Å²) in [5.74, 6) is -5.44. The van der Waals surface area contributed by atoms with Crippen LogP contribution in [0.3, 0.4) is 0 Å². The van der Waals surface area contributed by atoms with Gasteiger partial charge >= 0.3 is 12.5 Å². The molecular weight excluding hydrogens is 326 g/mol. The number of nitrogens with one attached hydrogen (secondary N) is 1. The molecular formula is C17H15F4NO2. The van der Waals surface area contributed by atoms with Crippen LogP contribution >= 0.6 is 0 Å². The average Bonchev–Trinajstić information content (AvgIpc) is 2.55. The van der Waals surface area contributed by atoms with E-state index in [1.54, 1.807) is 6.07 Å². The van der Waals surface area contributed by atoms with Gasteiger partial charge in [-0.1, -0.05) is 48.5 Å². The van der Waals surface area contributed by atoms with Crippen molar-refractivity contribution in [2.75, 3.05) is 0 Å². The van der Waals surface area contributed by atoms with Crippen LogP contribution in [0.2, 0.25) is 0 Å². The van der Waals surface area contributed by atoms with Crippen molar-refractivity contribution in [2.45, 2.75) is 25.5 Å². The third-order valence-electron chi connectivity index (χ3n) is 3.37. The maximum Gasteiger partial charge on any atom is 0.387 e. The van der Waals surface area contributed by atoms with E-state index in [9.17, 15) is 22.4 Å². The first-order chi connectivity index (χ1) is 11.3. The van der Waals surface area contributed by atoms with Gasteiger partial charge in [0.05, 0.1) is 6.04 Å². The molecule has 0 saturated heterocycles. The van der Waals surface area contributed by atoms with Gasteiger partial charge in [0.1, 0.15) is 5.75 Å². The predicted molar refractivity (Wildman–Crippen MR) is 80.0 cm³/mol. The molecule has 7 heteroatoms. The second kappa shape index (κ2) is 7.33. The van der Waals surface area contributed by atoms with Crippen LogP contribution in [-0.4, -0.2) is 12.5 Å². The molecule has 1 atom stereocenters. The average molecular weight is 341 g/mol. The Labute approximate surface area is 136 Å². The van der Waals surface area contributed by atoms with E-state index in [-0.39, 0.29) is 11.3 Å². The fourth-order valence-corrected chi connectivity index (χ4v) is 2.19. The summed E-state index contributed by atoms with van der Waals surface area (Å²) in [6.07, 6.45) is 0. The fraction of sp³-hybridized carbons (Fsp3) is 0.235. The maximum absolute atomic E-state index is 14.2. The van der Waals surface area contributed by atoms with Gasteiger partial charge in [0.15, 0.2) is 0 Å². The molecule has 0 aliphatic carbocycles. The molecule has 1 unspecified atom stereocenters. The molecule has 24 heavy (non-hydrogen) atoms. The summed E-state index contributed by atoms with van der Waals surface area (Å²) in [4.78, 5) is 11.9. The first-order valence-electron chi connectivity index (χ1n) is 7.10. The van der Waals surface area contributed by atoms with E-state index in [0.29, 0.717) is 0 Å². The van der Waals surface area contributed by atoms with Crippen LogP contribution in [0.4, 0.5) is 17.6 Å². The van der Waals surface area contributed by atoms with Gasteiger partial charge in [0.2, 0.25) is 0 Å². The van der Waals surface area contributed by atoms with Crippen LogP contribution in [0.5, 0.6) is 5.75 Å². The highest BCUT2D eigenvalue weighted by Gasteiger charge is 2.41. The molecule has 2 aromatic rings. The van der Waals surface area contributed by atoms with E-state index in [1.807, 2.05) is 0 Å². The molecule has 1 N–H and O–H groups in total. The third-order valence-corrected chi connectivity index (χ3v) is 3.37. The molecule has 0 bridgehead atoms. The Balaban J connectivity index is 2.18. The Kier molecular flexibility index (Phi) is 5.43. The normalized spacial score (nSPS) is 12.8. The van der Waals surface area contributed by atoms with Crippen molar-refractivity contribution >= 4 is 5.91 Å². The molecule has 0 radical (unpaired) electrons. The molecule has 1 amide bonds. The zero-order valence-electron chi connectivity index (χ0n) is 12.7. The summed E-state index contributed by atoms with van der Waals surface area (Å²) < 4.78 is 57.5. The van der Waals surface area contributed by atoms with Crippen LogP contribution < -0.4 is 10.1 Å². The van der Waals surface area contributed by atoms with E-state index >= 15 is 0 Å². The molecule has 2 aromatic carbocycles. The second-order valence-corrected chi connectivity index (χ2v) is 5.05. The lowest BCUT2D eigenvalue weighted by molar-refractivity contribution is -0.147. The van der Waals surface area contributed by atoms with Crippen LogP contribution in [0.15, 0.2) is 54.6 Å². The molecule has 0 fully saturated rings. The number of carbonyl (C=O) groups excluding carboxylic acids is 1. The van der Waals surface area contributed by atoms with Gasteiger partial charge in [0, 0.05) is 11.1 Å². The van der Waals surface area contributed by atoms with Crippen molar-refractivity contribution in [1.29, 1.82) is 0 Å². The monoisotopic (exact) mass is 341 g/mol. The summed E-state index contributed by atoms with van der Waals surface area (Å²) >= 11 is 0. The number of benzene rings is 2. The quantitative estimate of drug-likeness (QED) is 0.798. The molecule has 3 nitrogen and oxygen atoms in total. The lowest BCUT2D eigenvalue weighted by Gasteiger charge is -2.22. The summed E-state index contributed by atoms with van der Waals surface area (Å²) in [6, 6.07) is 11.4. The number of hydrogen-bond donors (Lipinski definition) is 1. The van der Waals surface area contributed by atoms with Crippen molar-refractivity contribution < 1.29 is 27.1 Å². The molecule has 0 aromatic heterocycles. The maximum atomic E-state index is 14.2. The largest absolute Gasteiger partial charge is 0.434 e. The number of rotatable bonds is 6. The Bertz CT molecular complexity index is 692. The van der Waals surface area contributed by atoms with E-state index < -0.39 is 30.0 Å². The van der Waals surface area contributed by atoms with Crippen LogP contribution in [0, 0.1) is 0 Å². The zero-order valence-corrected chi connectivity index (χ0v) is 12.7. The van der Waals surface area contributed by atoms with Crippen molar-refractivity contribution in [1.82, 2.24) is 5.32 Å². The van der Waals surface area contributed by atoms with Crippen molar-refractivity contribution in [3.63, 3.8) is 0 Å². The van der Waals surface area contributed by atoms with Crippen LogP contribution in [-0.2, 0) is 10.7 Å². The highest BCUT2D eigenvalue weighted by molar-refractivity contribution is 5.85. The van der Waals surface area contributed by atoms with E-state index in [2.05, 4.69) is 10.1 Å². The molecule has 0 saturated carbocycles. The highest BCUT2D eigenvalue weighted by Crippen LogP contribution is 2.31. The lowest BCUT2D eigenvalue weighted by atomic mass is 10.0. The number of amides is 1. The van der Waals surface area contributed by atoms with Gasteiger partial charge in [-0.05, 0) is 13.0 Å². The number of carbonyl (C=O) groups is 1. The molecule has 0 spiro atoms. The fourth-order valence-electron chi connectivity index (χ4n) is 2.19. The minimum absolute atomic E-state index is 0.176. The number of para-hydroxylation sites is 1. The van der Waals surface area contributed by atoms with Crippen LogP contribution in [0.1, 0.15) is 24.1 Å².